The molecular weight excluding hydrogens is 246 g/mol. The summed E-state index contributed by atoms with van der Waals surface area (Å²) in [6.07, 6.45) is 9.93. The maximum atomic E-state index is 11.7. The fourth-order valence-corrected chi connectivity index (χ4v) is 3.37. The van der Waals surface area contributed by atoms with Gasteiger partial charge in [0.1, 0.15) is 0 Å². The molecule has 1 heterocycles. The zero-order valence-corrected chi connectivity index (χ0v) is 12.0. The van der Waals surface area contributed by atoms with E-state index in [-0.39, 0.29) is 10.7 Å². The third kappa shape index (κ3) is 2.71. The Labute approximate surface area is 113 Å². The number of allylic oxidation sites excluding steroid dienone is 2. The van der Waals surface area contributed by atoms with Crippen LogP contribution in [-0.2, 0) is 9.53 Å². The lowest BCUT2D eigenvalue weighted by Gasteiger charge is -2.43. The van der Waals surface area contributed by atoms with Crippen LogP contribution in [0.2, 0.25) is 0 Å². The molecule has 0 aromatic heterocycles. The molecule has 100 valence electrons. The highest BCUT2D eigenvalue weighted by molar-refractivity contribution is 8.00. The lowest BCUT2D eigenvalue weighted by Crippen LogP contribution is -2.50. The van der Waals surface area contributed by atoms with Gasteiger partial charge in [-0.1, -0.05) is 25.2 Å². The van der Waals surface area contributed by atoms with Crippen LogP contribution in [0, 0.1) is 0 Å². The molecule has 1 fully saturated rings. The van der Waals surface area contributed by atoms with Crippen molar-refractivity contribution in [1.29, 1.82) is 0 Å². The van der Waals surface area contributed by atoms with Crippen molar-refractivity contribution in [3.05, 3.63) is 23.8 Å². The molecule has 3 nitrogen and oxygen atoms in total. The molecule has 0 amide bonds. The van der Waals surface area contributed by atoms with Crippen molar-refractivity contribution in [3.63, 3.8) is 0 Å². The smallest absolute Gasteiger partial charge is 0.162 e. The van der Waals surface area contributed by atoms with Gasteiger partial charge >= 0.3 is 0 Å². The summed E-state index contributed by atoms with van der Waals surface area (Å²) in [6.45, 7) is 5.46. The largest absolute Gasteiger partial charge is 0.379 e. The lowest BCUT2D eigenvalue weighted by molar-refractivity contribution is -0.115. The SMILES string of the molecule is CCC(=O)C1=CCC(SC)(N2CCOCC2)C=C1. The summed E-state index contributed by atoms with van der Waals surface area (Å²) in [5.41, 5.74) is 0.871. The molecule has 0 bridgehead atoms. The van der Waals surface area contributed by atoms with Crippen molar-refractivity contribution in [2.24, 2.45) is 0 Å². The third-order valence-corrected chi connectivity index (χ3v) is 4.95. The first-order chi connectivity index (χ1) is 8.72. The Morgan fingerprint density at radius 3 is 2.72 bits per heavy atom. The predicted octanol–water partition coefficient (Wildman–Crippen LogP) is 2.24. The molecule has 1 atom stereocenters. The summed E-state index contributed by atoms with van der Waals surface area (Å²) in [4.78, 5) is 14.2. The van der Waals surface area contributed by atoms with E-state index in [0.29, 0.717) is 6.42 Å². The van der Waals surface area contributed by atoms with E-state index in [0.717, 1.165) is 38.3 Å². The van der Waals surface area contributed by atoms with E-state index in [2.05, 4.69) is 23.3 Å². The van der Waals surface area contributed by atoms with Crippen LogP contribution in [0.1, 0.15) is 19.8 Å². The van der Waals surface area contributed by atoms with E-state index in [9.17, 15) is 4.79 Å². The molecule has 1 aliphatic heterocycles. The fourth-order valence-electron chi connectivity index (χ4n) is 2.48. The number of Topliss-reactive ketones (excluding diaryl/α,β-unsaturated/α-hetero) is 1. The second kappa shape index (κ2) is 6.04. The molecule has 2 aliphatic rings. The number of hydrogen-bond donors (Lipinski definition) is 0. The number of carbonyl (C=O) groups is 1. The predicted molar refractivity (Wildman–Crippen MR) is 75.8 cm³/mol. The van der Waals surface area contributed by atoms with Crippen LogP contribution in [0.5, 0.6) is 0 Å². The van der Waals surface area contributed by atoms with E-state index in [1.165, 1.54) is 0 Å². The molecule has 0 spiro atoms. The Morgan fingerprint density at radius 2 is 2.22 bits per heavy atom. The molecule has 0 radical (unpaired) electrons. The third-order valence-electron chi connectivity index (χ3n) is 3.68. The van der Waals surface area contributed by atoms with Crippen molar-refractivity contribution in [1.82, 2.24) is 4.90 Å². The van der Waals surface area contributed by atoms with Gasteiger partial charge in [0.05, 0.1) is 18.1 Å². The summed E-state index contributed by atoms with van der Waals surface area (Å²) < 4.78 is 5.41. The van der Waals surface area contributed by atoms with Gasteiger partial charge in [-0.2, -0.15) is 0 Å². The van der Waals surface area contributed by atoms with Crippen molar-refractivity contribution in [2.75, 3.05) is 32.6 Å². The second-order valence-corrected chi connectivity index (χ2v) is 5.74. The Bertz CT molecular complexity index is 372. The first-order valence-electron chi connectivity index (χ1n) is 6.52. The zero-order valence-electron chi connectivity index (χ0n) is 11.1. The normalized spacial score (nSPS) is 29.1. The molecule has 1 aliphatic carbocycles. The van der Waals surface area contributed by atoms with Crippen LogP contribution in [-0.4, -0.2) is 48.1 Å². The molecule has 4 heteroatoms. The van der Waals surface area contributed by atoms with E-state index in [1.54, 1.807) is 0 Å². The Balaban J connectivity index is 2.10. The van der Waals surface area contributed by atoms with Gasteiger partial charge in [-0.15, -0.1) is 11.8 Å². The van der Waals surface area contributed by atoms with Gasteiger partial charge in [0.2, 0.25) is 0 Å². The van der Waals surface area contributed by atoms with Crippen LogP contribution in [0.4, 0.5) is 0 Å². The zero-order chi connectivity index (χ0) is 13.0. The first-order valence-corrected chi connectivity index (χ1v) is 7.75. The topological polar surface area (TPSA) is 29.5 Å². The van der Waals surface area contributed by atoms with Gasteiger partial charge in [0.15, 0.2) is 5.78 Å². The Morgan fingerprint density at radius 1 is 1.50 bits per heavy atom. The van der Waals surface area contributed by atoms with E-state index < -0.39 is 0 Å². The first kappa shape index (κ1) is 13.8. The number of hydrogen-bond acceptors (Lipinski definition) is 4. The standard InChI is InChI=1S/C14H21NO2S/c1-3-13(16)12-4-6-14(18-2,7-5-12)15-8-10-17-11-9-15/h4-6H,3,7-11H2,1-2H3. The van der Waals surface area contributed by atoms with Crippen molar-refractivity contribution >= 4 is 17.5 Å². The molecule has 0 saturated carbocycles. The summed E-state index contributed by atoms with van der Waals surface area (Å²) in [5, 5.41) is 0. The molecule has 1 unspecified atom stereocenters. The number of thioether (sulfide) groups is 1. The second-order valence-electron chi connectivity index (χ2n) is 4.62. The Kier molecular flexibility index (Phi) is 4.65. The van der Waals surface area contributed by atoms with Gasteiger partial charge in [0.25, 0.3) is 0 Å². The maximum Gasteiger partial charge on any atom is 0.162 e. The Hall–Kier alpha value is -0.580. The quantitative estimate of drug-likeness (QED) is 0.781. The van der Waals surface area contributed by atoms with Gasteiger partial charge in [0, 0.05) is 25.1 Å². The highest BCUT2D eigenvalue weighted by Crippen LogP contribution is 2.37. The summed E-state index contributed by atoms with van der Waals surface area (Å²) >= 11 is 1.85. The van der Waals surface area contributed by atoms with Gasteiger partial charge in [-0.25, -0.2) is 0 Å². The number of ether oxygens (including phenoxy) is 1. The number of rotatable bonds is 4. The van der Waals surface area contributed by atoms with E-state index in [1.807, 2.05) is 24.8 Å². The number of morpholine rings is 1. The molecule has 0 aromatic carbocycles. The summed E-state index contributed by atoms with van der Waals surface area (Å²) in [5.74, 6) is 0.239. The minimum Gasteiger partial charge on any atom is -0.379 e. The van der Waals surface area contributed by atoms with Gasteiger partial charge in [-0.3, -0.25) is 9.69 Å². The molecule has 1 saturated heterocycles. The summed E-state index contributed by atoms with van der Waals surface area (Å²) in [7, 11) is 0. The van der Waals surface area contributed by atoms with Crippen molar-refractivity contribution in [2.45, 2.75) is 24.6 Å². The molecule has 18 heavy (non-hydrogen) atoms. The minimum absolute atomic E-state index is 0.0152. The van der Waals surface area contributed by atoms with Crippen LogP contribution in [0.3, 0.4) is 0 Å². The van der Waals surface area contributed by atoms with Crippen LogP contribution in [0.15, 0.2) is 23.8 Å². The minimum atomic E-state index is 0.0152. The summed E-state index contributed by atoms with van der Waals surface area (Å²) in [6, 6.07) is 0. The highest BCUT2D eigenvalue weighted by atomic mass is 32.2. The molecular formula is C14H21NO2S. The monoisotopic (exact) mass is 267 g/mol. The fraction of sp³-hybridized carbons (Fsp3) is 0.643. The number of ketones is 1. The van der Waals surface area contributed by atoms with Gasteiger partial charge < -0.3 is 4.74 Å². The molecule has 2 rings (SSSR count). The van der Waals surface area contributed by atoms with Crippen LogP contribution < -0.4 is 0 Å². The van der Waals surface area contributed by atoms with Gasteiger partial charge in [-0.05, 0) is 12.7 Å². The van der Waals surface area contributed by atoms with E-state index in [4.69, 9.17) is 4.74 Å². The highest BCUT2D eigenvalue weighted by Gasteiger charge is 2.35. The average molecular weight is 267 g/mol. The van der Waals surface area contributed by atoms with Crippen molar-refractivity contribution in [3.8, 4) is 0 Å². The van der Waals surface area contributed by atoms with Crippen molar-refractivity contribution < 1.29 is 9.53 Å². The van der Waals surface area contributed by atoms with Crippen LogP contribution in [0.25, 0.3) is 0 Å². The number of carbonyl (C=O) groups excluding carboxylic acids is 1. The lowest BCUT2D eigenvalue weighted by atomic mass is 9.97. The maximum absolute atomic E-state index is 11.7. The number of nitrogens with zero attached hydrogens (tertiary/aromatic N) is 1. The average Bonchev–Trinajstić information content (AvgIpc) is 2.47. The van der Waals surface area contributed by atoms with E-state index >= 15 is 0 Å². The van der Waals surface area contributed by atoms with Crippen LogP contribution >= 0.6 is 11.8 Å². The molecule has 0 aromatic rings. The molecule has 0 N–H and O–H groups in total.